The van der Waals surface area contributed by atoms with E-state index in [0.717, 1.165) is 16.9 Å². The number of aromatic nitrogens is 2. The van der Waals surface area contributed by atoms with Gasteiger partial charge in [0.15, 0.2) is 0 Å². The van der Waals surface area contributed by atoms with Gasteiger partial charge < -0.3 is 0 Å². The fourth-order valence-corrected chi connectivity index (χ4v) is 3.24. The van der Waals surface area contributed by atoms with Gasteiger partial charge in [0.1, 0.15) is 5.65 Å². The summed E-state index contributed by atoms with van der Waals surface area (Å²) in [5.74, 6) is 0. The Hall–Kier alpha value is -2.87. The molecule has 0 bridgehead atoms. The summed E-state index contributed by atoms with van der Waals surface area (Å²) in [5, 5.41) is 2.49. The van der Waals surface area contributed by atoms with E-state index in [9.17, 15) is 0 Å². The maximum atomic E-state index is 4.93. The van der Waals surface area contributed by atoms with Crippen LogP contribution in [-0.2, 0) is 0 Å². The van der Waals surface area contributed by atoms with Crippen LogP contribution < -0.4 is 0 Å². The van der Waals surface area contributed by atoms with Gasteiger partial charge in [0, 0.05) is 16.3 Å². The minimum absolute atomic E-state index is 1.05. The number of benzene rings is 2. The van der Waals surface area contributed by atoms with Crippen LogP contribution in [0.2, 0.25) is 0 Å². The number of pyridine rings is 1. The average Bonchev–Trinajstić information content (AvgIpc) is 3.09. The van der Waals surface area contributed by atoms with E-state index in [0.29, 0.717) is 0 Å². The molecular formula is C19H12N2. The average molecular weight is 268 g/mol. The molecular weight excluding hydrogens is 256 g/mol. The zero-order valence-corrected chi connectivity index (χ0v) is 11.3. The van der Waals surface area contributed by atoms with Crippen LogP contribution in [-0.4, -0.2) is 9.38 Å². The second-order valence-corrected chi connectivity index (χ2v) is 5.33. The maximum Gasteiger partial charge on any atom is 0.146 e. The van der Waals surface area contributed by atoms with Crippen LogP contribution in [0.5, 0.6) is 0 Å². The van der Waals surface area contributed by atoms with E-state index in [2.05, 4.69) is 71.1 Å². The smallest absolute Gasteiger partial charge is 0.146 e. The first kappa shape index (κ1) is 10.9. The van der Waals surface area contributed by atoms with Gasteiger partial charge in [-0.1, -0.05) is 60.7 Å². The van der Waals surface area contributed by atoms with Gasteiger partial charge in [-0.15, -0.1) is 0 Å². The van der Waals surface area contributed by atoms with Crippen molar-refractivity contribution < 1.29 is 0 Å². The van der Waals surface area contributed by atoms with Gasteiger partial charge in [0.2, 0.25) is 0 Å². The Labute approximate surface area is 121 Å². The molecule has 98 valence electrons. The van der Waals surface area contributed by atoms with Crippen molar-refractivity contribution >= 4 is 27.5 Å². The molecule has 0 amide bonds. The van der Waals surface area contributed by atoms with Crippen molar-refractivity contribution in [2.75, 3.05) is 0 Å². The van der Waals surface area contributed by atoms with E-state index in [1.54, 1.807) is 0 Å². The van der Waals surface area contributed by atoms with E-state index in [4.69, 9.17) is 4.98 Å². The molecule has 0 aliphatic heterocycles. The Balaban J connectivity index is 2.02. The third-order valence-corrected chi connectivity index (χ3v) is 4.15. The topological polar surface area (TPSA) is 17.3 Å². The molecule has 0 saturated heterocycles. The van der Waals surface area contributed by atoms with Crippen LogP contribution in [0.4, 0.5) is 0 Å². The van der Waals surface area contributed by atoms with Gasteiger partial charge >= 0.3 is 0 Å². The second-order valence-electron chi connectivity index (χ2n) is 5.33. The standard InChI is InChI=1S/C19H12N2/c1-2-7-13(8-3-1)18-17-12-6-11-16-14-9-4-5-10-15(14)19(20-18)21(16)17/h1-12H. The molecule has 0 spiro atoms. The lowest BCUT2D eigenvalue weighted by Crippen LogP contribution is -1.82. The van der Waals surface area contributed by atoms with Crippen LogP contribution in [0, 0.1) is 0 Å². The Morgan fingerprint density at radius 3 is 2.19 bits per heavy atom. The van der Waals surface area contributed by atoms with Crippen molar-refractivity contribution in [2.24, 2.45) is 0 Å². The number of hydrogen-bond acceptors (Lipinski definition) is 1. The normalized spacial score (nSPS) is 11.8. The second kappa shape index (κ2) is 3.83. The van der Waals surface area contributed by atoms with Crippen LogP contribution in [0.15, 0.2) is 72.8 Å². The van der Waals surface area contributed by atoms with Crippen LogP contribution in [0.3, 0.4) is 0 Å². The summed E-state index contributed by atoms with van der Waals surface area (Å²) >= 11 is 0. The molecule has 0 fully saturated rings. The SMILES string of the molecule is c1ccc(-c2nc3c4ccccc4c4cccc2n43)cc1. The fourth-order valence-electron chi connectivity index (χ4n) is 3.24. The van der Waals surface area contributed by atoms with Gasteiger partial charge in [-0.3, -0.25) is 4.40 Å². The lowest BCUT2D eigenvalue weighted by atomic mass is 10.1. The van der Waals surface area contributed by atoms with Gasteiger partial charge in [0.25, 0.3) is 0 Å². The summed E-state index contributed by atoms with van der Waals surface area (Å²) in [4.78, 5) is 4.93. The molecule has 3 heterocycles. The first-order valence-corrected chi connectivity index (χ1v) is 7.10. The third kappa shape index (κ3) is 1.34. The summed E-state index contributed by atoms with van der Waals surface area (Å²) in [5.41, 5.74) is 5.67. The summed E-state index contributed by atoms with van der Waals surface area (Å²) in [6.07, 6.45) is 0. The van der Waals surface area contributed by atoms with Gasteiger partial charge in [-0.2, -0.15) is 0 Å². The largest absolute Gasteiger partial charge is 0.292 e. The molecule has 0 N–H and O–H groups in total. The molecule has 2 nitrogen and oxygen atoms in total. The van der Waals surface area contributed by atoms with Crippen molar-refractivity contribution in [3.8, 4) is 11.3 Å². The molecule has 21 heavy (non-hydrogen) atoms. The maximum absolute atomic E-state index is 4.93. The van der Waals surface area contributed by atoms with Crippen LogP contribution >= 0.6 is 0 Å². The quantitative estimate of drug-likeness (QED) is 0.429. The molecule has 5 aromatic rings. The van der Waals surface area contributed by atoms with Gasteiger partial charge in [-0.25, -0.2) is 4.98 Å². The summed E-state index contributed by atoms with van der Waals surface area (Å²) in [7, 11) is 0. The zero-order chi connectivity index (χ0) is 13.8. The number of fused-ring (bicyclic) bond motifs is 3. The number of hydrogen-bond donors (Lipinski definition) is 0. The summed E-state index contributed by atoms with van der Waals surface area (Å²) in [6.45, 7) is 0. The molecule has 2 aromatic carbocycles. The number of nitrogens with zero attached hydrogens (tertiary/aromatic N) is 2. The Bertz CT molecular complexity index is 1070. The van der Waals surface area contributed by atoms with Crippen molar-refractivity contribution in [3.63, 3.8) is 0 Å². The molecule has 2 heteroatoms. The van der Waals surface area contributed by atoms with Crippen molar-refractivity contribution in [2.45, 2.75) is 0 Å². The number of rotatable bonds is 1. The molecule has 3 aromatic heterocycles. The summed E-state index contributed by atoms with van der Waals surface area (Å²) < 4.78 is 2.27. The Kier molecular flexibility index (Phi) is 1.98. The number of imidazole rings is 1. The molecule has 0 aliphatic carbocycles. The lowest BCUT2D eigenvalue weighted by molar-refractivity contribution is 1.33. The van der Waals surface area contributed by atoms with Crippen molar-refractivity contribution in [1.82, 2.24) is 9.38 Å². The third-order valence-electron chi connectivity index (χ3n) is 4.15. The van der Waals surface area contributed by atoms with E-state index in [1.165, 1.54) is 21.8 Å². The minimum atomic E-state index is 1.05. The predicted octanol–water partition coefficient (Wildman–Crippen LogP) is 4.75. The molecule has 0 aliphatic rings. The molecule has 0 saturated carbocycles. The molecule has 5 rings (SSSR count). The summed E-state index contributed by atoms with van der Waals surface area (Å²) in [6, 6.07) is 25.3. The lowest BCUT2D eigenvalue weighted by Gasteiger charge is -2.00. The highest BCUT2D eigenvalue weighted by molar-refractivity contribution is 6.10. The van der Waals surface area contributed by atoms with Crippen molar-refractivity contribution in [1.29, 1.82) is 0 Å². The zero-order valence-electron chi connectivity index (χ0n) is 11.3. The molecule has 0 atom stereocenters. The monoisotopic (exact) mass is 268 g/mol. The minimum Gasteiger partial charge on any atom is -0.292 e. The van der Waals surface area contributed by atoms with E-state index >= 15 is 0 Å². The first-order chi connectivity index (χ1) is 10.4. The van der Waals surface area contributed by atoms with E-state index < -0.39 is 0 Å². The highest BCUT2D eigenvalue weighted by Gasteiger charge is 2.16. The highest BCUT2D eigenvalue weighted by atomic mass is 15.0. The van der Waals surface area contributed by atoms with E-state index in [1.807, 2.05) is 6.07 Å². The van der Waals surface area contributed by atoms with Gasteiger partial charge in [-0.05, 0) is 12.1 Å². The van der Waals surface area contributed by atoms with Crippen LogP contribution in [0.25, 0.3) is 38.7 Å². The predicted molar refractivity (Wildman–Crippen MR) is 86.8 cm³/mol. The van der Waals surface area contributed by atoms with Crippen molar-refractivity contribution in [3.05, 3.63) is 72.8 Å². The molecule has 0 radical (unpaired) electrons. The molecule has 0 unspecified atom stereocenters. The van der Waals surface area contributed by atoms with E-state index in [-0.39, 0.29) is 0 Å². The highest BCUT2D eigenvalue weighted by Crippen LogP contribution is 2.34. The Morgan fingerprint density at radius 1 is 0.619 bits per heavy atom. The van der Waals surface area contributed by atoms with Crippen LogP contribution in [0.1, 0.15) is 0 Å². The Morgan fingerprint density at radius 2 is 1.33 bits per heavy atom. The first-order valence-electron chi connectivity index (χ1n) is 7.10. The fraction of sp³-hybridized carbons (Fsp3) is 0. The van der Waals surface area contributed by atoms with Gasteiger partial charge in [0.05, 0.1) is 16.7 Å².